The number of likely N-dealkylation sites (tertiary alicyclic amines) is 1. The molecule has 0 bridgehead atoms. The summed E-state index contributed by atoms with van der Waals surface area (Å²) in [7, 11) is 0. The molecule has 1 aliphatic heterocycles. The molecule has 1 unspecified atom stereocenters. The molecule has 5 rings (SSSR count). The maximum absolute atomic E-state index is 13.7. The van der Waals surface area contributed by atoms with Gasteiger partial charge in [-0.15, -0.1) is 10.2 Å². The lowest BCUT2D eigenvalue weighted by Gasteiger charge is -2.23. The van der Waals surface area contributed by atoms with Crippen LogP contribution in [0.25, 0.3) is 17.1 Å². The standard InChI is InChI=1S/C23H23N7O3/c1-3-32-20-16(6-4-10-24-20)21-27-28-22(33-21)19-7-5-13-29(19)23(31)17-14-15(2)8-9-18(17)30-25-11-12-26-30/h4,6,8-12,14,19H,3,5,7,13H2,1-2H3. The summed E-state index contributed by atoms with van der Waals surface area (Å²) >= 11 is 0. The zero-order chi connectivity index (χ0) is 22.8. The van der Waals surface area contributed by atoms with E-state index in [0.717, 1.165) is 18.4 Å². The number of benzene rings is 1. The van der Waals surface area contributed by atoms with E-state index in [1.807, 2.05) is 38.1 Å². The lowest BCUT2D eigenvalue weighted by molar-refractivity contribution is 0.0715. The molecule has 0 radical (unpaired) electrons. The van der Waals surface area contributed by atoms with Gasteiger partial charge in [0.05, 0.1) is 30.3 Å². The number of carbonyl (C=O) groups is 1. The minimum absolute atomic E-state index is 0.121. The van der Waals surface area contributed by atoms with Crippen molar-refractivity contribution in [2.75, 3.05) is 13.2 Å². The molecule has 1 atom stereocenters. The number of hydrogen-bond acceptors (Lipinski definition) is 8. The topological polar surface area (TPSA) is 112 Å². The van der Waals surface area contributed by atoms with E-state index in [1.165, 1.54) is 4.80 Å². The van der Waals surface area contributed by atoms with Gasteiger partial charge in [-0.2, -0.15) is 15.0 Å². The van der Waals surface area contributed by atoms with Gasteiger partial charge in [-0.1, -0.05) is 11.6 Å². The number of pyridine rings is 1. The molecule has 0 spiro atoms. The third kappa shape index (κ3) is 3.95. The molecule has 4 aromatic rings. The summed E-state index contributed by atoms with van der Waals surface area (Å²) in [6, 6.07) is 8.95. The van der Waals surface area contributed by atoms with Crippen LogP contribution in [-0.2, 0) is 0 Å². The maximum Gasteiger partial charge on any atom is 0.256 e. The van der Waals surface area contributed by atoms with Gasteiger partial charge in [-0.3, -0.25) is 4.79 Å². The van der Waals surface area contributed by atoms with E-state index < -0.39 is 0 Å². The molecule has 10 heteroatoms. The second kappa shape index (κ2) is 8.81. The second-order valence-electron chi connectivity index (χ2n) is 7.73. The van der Waals surface area contributed by atoms with E-state index in [-0.39, 0.29) is 11.9 Å². The second-order valence-corrected chi connectivity index (χ2v) is 7.73. The molecule has 1 saturated heterocycles. The van der Waals surface area contributed by atoms with E-state index in [9.17, 15) is 4.79 Å². The summed E-state index contributed by atoms with van der Waals surface area (Å²) in [6.45, 7) is 4.91. The zero-order valence-corrected chi connectivity index (χ0v) is 18.4. The highest BCUT2D eigenvalue weighted by atomic mass is 16.5. The van der Waals surface area contributed by atoms with Crippen LogP contribution in [0.1, 0.15) is 47.6 Å². The van der Waals surface area contributed by atoms with Gasteiger partial charge in [0.2, 0.25) is 11.8 Å². The Kier molecular flexibility index (Phi) is 5.55. The number of rotatable bonds is 6. The van der Waals surface area contributed by atoms with E-state index in [1.54, 1.807) is 29.6 Å². The molecule has 0 N–H and O–H groups in total. The molecule has 1 aromatic carbocycles. The van der Waals surface area contributed by atoms with Gasteiger partial charge in [0.25, 0.3) is 11.8 Å². The summed E-state index contributed by atoms with van der Waals surface area (Å²) in [5, 5.41) is 16.9. The van der Waals surface area contributed by atoms with Crippen LogP contribution in [0, 0.1) is 6.92 Å². The van der Waals surface area contributed by atoms with Gasteiger partial charge in [0, 0.05) is 12.7 Å². The van der Waals surface area contributed by atoms with Crippen LogP contribution < -0.4 is 4.74 Å². The van der Waals surface area contributed by atoms with Crippen molar-refractivity contribution in [1.29, 1.82) is 0 Å². The van der Waals surface area contributed by atoms with Crippen LogP contribution in [0.15, 0.2) is 53.3 Å². The Morgan fingerprint density at radius 2 is 2.03 bits per heavy atom. The summed E-state index contributed by atoms with van der Waals surface area (Å²) in [4.78, 5) is 21.1. The molecule has 3 aromatic heterocycles. The quantitative estimate of drug-likeness (QED) is 0.444. The van der Waals surface area contributed by atoms with E-state index in [2.05, 4.69) is 25.4 Å². The average molecular weight is 445 g/mol. The predicted octanol–water partition coefficient (Wildman–Crippen LogP) is 3.40. The number of aromatic nitrogens is 6. The van der Waals surface area contributed by atoms with Gasteiger partial charge in [0.1, 0.15) is 11.6 Å². The van der Waals surface area contributed by atoms with Gasteiger partial charge < -0.3 is 14.1 Å². The van der Waals surface area contributed by atoms with Crippen LogP contribution in [0.5, 0.6) is 5.88 Å². The number of aryl methyl sites for hydroxylation is 1. The number of amides is 1. The molecule has 10 nitrogen and oxygen atoms in total. The first-order chi connectivity index (χ1) is 16.2. The number of ether oxygens (including phenoxy) is 1. The van der Waals surface area contributed by atoms with Crippen molar-refractivity contribution >= 4 is 5.91 Å². The van der Waals surface area contributed by atoms with E-state index >= 15 is 0 Å². The van der Waals surface area contributed by atoms with Crippen LogP contribution >= 0.6 is 0 Å². The normalized spacial score (nSPS) is 15.7. The van der Waals surface area contributed by atoms with Crippen molar-refractivity contribution in [2.45, 2.75) is 32.7 Å². The zero-order valence-electron chi connectivity index (χ0n) is 18.4. The van der Waals surface area contributed by atoms with Gasteiger partial charge in [0.15, 0.2) is 0 Å². The van der Waals surface area contributed by atoms with Crippen molar-refractivity contribution in [3.05, 3.63) is 65.9 Å². The Bertz CT molecular complexity index is 1270. The molecular formula is C23H23N7O3. The molecule has 168 valence electrons. The summed E-state index contributed by atoms with van der Waals surface area (Å²) in [5.74, 6) is 1.03. The lowest BCUT2D eigenvalue weighted by Crippen LogP contribution is -2.31. The van der Waals surface area contributed by atoms with Gasteiger partial charge in [-0.05, 0) is 51.0 Å². The van der Waals surface area contributed by atoms with E-state index in [4.69, 9.17) is 9.15 Å². The fourth-order valence-corrected chi connectivity index (χ4v) is 4.04. The Morgan fingerprint density at radius 3 is 2.85 bits per heavy atom. The number of nitrogens with zero attached hydrogens (tertiary/aromatic N) is 7. The van der Waals surface area contributed by atoms with Gasteiger partial charge in [-0.25, -0.2) is 4.98 Å². The third-order valence-corrected chi connectivity index (χ3v) is 5.54. The van der Waals surface area contributed by atoms with Crippen molar-refractivity contribution in [1.82, 2.24) is 35.1 Å². The molecule has 0 aliphatic carbocycles. The highest BCUT2D eigenvalue weighted by Crippen LogP contribution is 2.35. The monoisotopic (exact) mass is 445 g/mol. The molecule has 1 amide bonds. The molecule has 1 aliphatic rings. The maximum atomic E-state index is 13.7. The third-order valence-electron chi connectivity index (χ3n) is 5.54. The Balaban J connectivity index is 1.46. The molecule has 0 saturated carbocycles. The molecular weight excluding hydrogens is 422 g/mol. The SMILES string of the molecule is CCOc1ncccc1-c1nnc(C2CCCN2C(=O)c2cc(C)ccc2-n2nccn2)o1. The molecule has 33 heavy (non-hydrogen) atoms. The summed E-state index contributed by atoms with van der Waals surface area (Å²) in [6.07, 6.45) is 6.40. The minimum atomic E-state index is -0.315. The summed E-state index contributed by atoms with van der Waals surface area (Å²) < 4.78 is 11.6. The van der Waals surface area contributed by atoms with Crippen LogP contribution in [0.3, 0.4) is 0 Å². The van der Waals surface area contributed by atoms with Crippen molar-refractivity contribution < 1.29 is 13.9 Å². The largest absolute Gasteiger partial charge is 0.477 e. The highest BCUT2D eigenvalue weighted by molar-refractivity contribution is 5.98. The van der Waals surface area contributed by atoms with Gasteiger partial charge >= 0.3 is 0 Å². The highest BCUT2D eigenvalue weighted by Gasteiger charge is 2.36. The Hall–Kier alpha value is -4.08. The van der Waals surface area contributed by atoms with E-state index in [0.29, 0.717) is 47.6 Å². The molecule has 1 fully saturated rings. The molecule has 4 heterocycles. The van der Waals surface area contributed by atoms with Crippen molar-refractivity contribution in [3.8, 4) is 23.0 Å². The smallest absolute Gasteiger partial charge is 0.256 e. The van der Waals surface area contributed by atoms with Crippen molar-refractivity contribution in [2.24, 2.45) is 0 Å². The first kappa shape index (κ1) is 20.8. The number of hydrogen-bond donors (Lipinski definition) is 0. The average Bonchev–Trinajstić information content (AvgIpc) is 3.60. The Morgan fingerprint density at radius 1 is 1.18 bits per heavy atom. The van der Waals surface area contributed by atoms with Crippen LogP contribution in [0.2, 0.25) is 0 Å². The number of carbonyl (C=O) groups excluding carboxylic acids is 1. The fraction of sp³-hybridized carbons (Fsp3) is 0.304. The summed E-state index contributed by atoms with van der Waals surface area (Å²) in [5.41, 5.74) is 2.76. The first-order valence-corrected chi connectivity index (χ1v) is 10.9. The predicted molar refractivity (Wildman–Crippen MR) is 118 cm³/mol. The fourth-order valence-electron chi connectivity index (χ4n) is 4.04. The van der Waals surface area contributed by atoms with Crippen molar-refractivity contribution in [3.63, 3.8) is 0 Å². The minimum Gasteiger partial charge on any atom is -0.477 e. The Labute approximate surface area is 190 Å². The first-order valence-electron chi connectivity index (χ1n) is 10.9. The van der Waals surface area contributed by atoms with Crippen LogP contribution in [-0.4, -0.2) is 54.1 Å². The van der Waals surface area contributed by atoms with Crippen LogP contribution in [0.4, 0.5) is 0 Å². The lowest BCUT2D eigenvalue weighted by atomic mass is 10.1.